The summed E-state index contributed by atoms with van der Waals surface area (Å²) in [6.07, 6.45) is -1.22. The van der Waals surface area contributed by atoms with E-state index in [0.29, 0.717) is 10.6 Å². The lowest BCUT2D eigenvalue weighted by atomic mass is 10.1. The normalized spacial score (nSPS) is 12.8. The lowest BCUT2D eigenvalue weighted by molar-refractivity contribution is 0.215. The average molecular weight is 447 g/mol. The summed E-state index contributed by atoms with van der Waals surface area (Å²) < 4.78 is 41.1. The monoisotopic (exact) mass is 446 g/mol. The van der Waals surface area contributed by atoms with Gasteiger partial charge in [-0.1, -0.05) is 35.3 Å². The van der Waals surface area contributed by atoms with Crippen molar-refractivity contribution < 1.29 is 17.9 Å². The zero-order valence-electron chi connectivity index (χ0n) is 13.8. The second kappa shape index (κ2) is 7.73. The van der Waals surface area contributed by atoms with E-state index in [9.17, 15) is 17.9 Å². The van der Waals surface area contributed by atoms with Gasteiger partial charge in [0, 0.05) is 10.4 Å². The molecule has 0 saturated carbocycles. The van der Waals surface area contributed by atoms with Crippen LogP contribution in [0.25, 0.3) is 0 Å². The molecule has 27 heavy (non-hydrogen) atoms. The zero-order chi connectivity index (χ0) is 19.8. The van der Waals surface area contributed by atoms with E-state index in [1.165, 1.54) is 29.6 Å². The van der Waals surface area contributed by atoms with E-state index in [2.05, 4.69) is 9.71 Å². The first-order valence-electron chi connectivity index (χ1n) is 7.55. The Bertz CT molecular complexity index is 1100. The molecule has 0 spiro atoms. The Hall–Kier alpha value is -1.71. The molecule has 5 nitrogen and oxygen atoms in total. The second-order valence-corrected chi connectivity index (χ2v) is 8.95. The Morgan fingerprint density at radius 3 is 2.67 bits per heavy atom. The fraction of sp³-hybridized carbons (Fsp3) is 0.118. The van der Waals surface area contributed by atoms with E-state index in [1.54, 1.807) is 13.0 Å². The number of aliphatic hydroxyl groups is 1. The molecule has 0 fully saturated rings. The summed E-state index contributed by atoms with van der Waals surface area (Å²) in [6.45, 7) is 1.60. The fourth-order valence-corrected chi connectivity index (χ4v) is 4.96. The summed E-state index contributed by atoms with van der Waals surface area (Å²) in [5.41, 5.74) is 0.852. The number of hydrogen-bond donors (Lipinski definition) is 2. The van der Waals surface area contributed by atoms with Gasteiger partial charge in [0.15, 0.2) is 5.13 Å². The van der Waals surface area contributed by atoms with Crippen molar-refractivity contribution >= 4 is 49.7 Å². The van der Waals surface area contributed by atoms with Crippen molar-refractivity contribution in [3.05, 3.63) is 74.5 Å². The molecular formula is C17H13Cl2FN2O3S2. The summed E-state index contributed by atoms with van der Waals surface area (Å²) in [5, 5.41) is 12.2. The first-order valence-corrected chi connectivity index (χ1v) is 10.7. The number of sulfonamides is 1. The van der Waals surface area contributed by atoms with Gasteiger partial charge in [0.25, 0.3) is 10.0 Å². The molecule has 2 N–H and O–H groups in total. The molecule has 10 heteroatoms. The number of thiazole rings is 1. The third-order valence-electron chi connectivity index (χ3n) is 3.79. The lowest BCUT2D eigenvalue weighted by Crippen LogP contribution is -2.14. The Labute approximate surface area is 169 Å². The number of anilines is 1. The number of halogens is 3. The van der Waals surface area contributed by atoms with Crippen molar-refractivity contribution in [2.75, 3.05) is 4.72 Å². The smallest absolute Gasteiger partial charge is 0.263 e. The topological polar surface area (TPSA) is 79.3 Å². The van der Waals surface area contributed by atoms with Gasteiger partial charge in [-0.25, -0.2) is 17.8 Å². The molecule has 0 saturated heterocycles. The van der Waals surface area contributed by atoms with Crippen LogP contribution in [0.1, 0.15) is 22.9 Å². The van der Waals surface area contributed by atoms with Crippen LogP contribution in [0.15, 0.2) is 46.7 Å². The number of benzene rings is 2. The third kappa shape index (κ3) is 4.25. The molecule has 2 aromatic carbocycles. The predicted octanol–water partition coefficient (Wildman–Crippen LogP) is 4.78. The maximum absolute atomic E-state index is 13.6. The fourth-order valence-electron chi connectivity index (χ4n) is 2.36. The molecule has 0 bridgehead atoms. The highest BCUT2D eigenvalue weighted by atomic mass is 35.5. The maximum Gasteiger partial charge on any atom is 0.263 e. The number of nitrogens with zero attached hydrogens (tertiary/aromatic N) is 1. The number of aromatic nitrogens is 1. The molecule has 1 unspecified atom stereocenters. The Balaban J connectivity index is 1.85. The van der Waals surface area contributed by atoms with E-state index in [1.807, 2.05) is 0 Å². The van der Waals surface area contributed by atoms with Crippen molar-refractivity contribution in [3.8, 4) is 0 Å². The molecular weight excluding hydrogens is 434 g/mol. The summed E-state index contributed by atoms with van der Waals surface area (Å²) in [6, 6.07) is 8.46. The van der Waals surface area contributed by atoms with Gasteiger partial charge in [-0.3, -0.25) is 4.72 Å². The van der Waals surface area contributed by atoms with Gasteiger partial charge in [-0.2, -0.15) is 0 Å². The number of nitrogens with one attached hydrogen (secondary N) is 1. The molecule has 3 rings (SSSR count). The number of hydrogen-bond acceptors (Lipinski definition) is 5. The van der Waals surface area contributed by atoms with Crippen LogP contribution in [-0.2, 0) is 10.0 Å². The van der Waals surface area contributed by atoms with Crippen LogP contribution in [0.5, 0.6) is 0 Å². The Morgan fingerprint density at radius 1 is 1.22 bits per heavy atom. The zero-order valence-corrected chi connectivity index (χ0v) is 16.9. The van der Waals surface area contributed by atoms with Crippen molar-refractivity contribution in [3.63, 3.8) is 0 Å². The number of aliphatic hydroxyl groups excluding tert-OH is 1. The van der Waals surface area contributed by atoms with Crippen LogP contribution in [0.2, 0.25) is 10.0 Å². The van der Waals surface area contributed by atoms with Gasteiger partial charge in [0.2, 0.25) is 0 Å². The van der Waals surface area contributed by atoms with Crippen LogP contribution in [0.3, 0.4) is 0 Å². The molecule has 142 valence electrons. The first-order chi connectivity index (χ1) is 12.7. The first kappa shape index (κ1) is 20.0. The van der Waals surface area contributed by atoms with Crippen LogP contribution in [0, 0.1) is 12.7 Å². The van der Waals surface area contributed by atoms with Crippen LogP contribution >= 0.6 is 34.5 Å². The van der Waals surface area contributed by atoms with Gasteiger partial charge < -0.3 is 5.11 Å². The van der Waals surface area contributed by atoms with E-state index < -0.39 is 21.9 Å². The van der Waals surface area contributed by atoms with Crippen molar-refractivity contribution in [1.29, 1.82) is 0 Å². The summed E-state index contributed by atoms with van der Waals surface area (Å²) in [4.78, 5) is 4.13. The minimum absolute atomic E-state index is 0.0343. The molecule has 0 aliphatic carbocycles. The Kier molecular flexibility index (Phi) is 5.73. The summed E-state index contributed by atoms with van der Waals surface area (Å²) in [5.74, 6) is -0.666. The van der Waals surface area contributed by atoms with E-state index in [0.717, 1.165) is 17.4 Å². The highest BCUT2D eigenvalue weighted by molar-refractivity contribution is 7.93. The number of rotatable bonds is 5. The largest absolute Gasteiger partial charge is 0.382 e. The third-order valence-corrected chi connectivity index (χ3v) is 6.90. The van der Waals surface area contributed by atoms with Crippen LogP contribution < -0.4 is 4.72 Å². The lowest BCUT2D eigenvalue weighted by Gasteiger charge is -2.10. The minimum Gasteiger partial charge on any atom is -0.382 e. The van der Waals surface area contributed by atoms with E-state index in [-0.39, 0.29) is 26.3 Å². The van der Waals surface area contributed by atoms with E-state index >= 15 is 0 Å². The van der Waals surface area contributed by atoms with Crippen LogP contribution in [-0.4, -0.2) is 18.5 Å². The molecule has 0 aliphatic heterocycles. The van der Waals surface area contributed by atoms with E-state index in [4.69, 9.17) is 23.2 Å². The predicted molar refractivity (Wildman–Crippen MR) is 105 cm³/mol. The molecule has 0 radical (unpaired) electrons. The second-order valence-electron chi connectivity index (χ2n) is 5.62. The van der Waals surface area contributed by atoms with Crippen molar-refractivity contribution in [1.82, 2.24) is 4.98 Å². The highest BCUT2D eigenvalue weighted by Gasteiger charge is 2.21. The SMILES string of the molecule is Cc1c(Cl)cccc1S(=O)(=O)Nc1nc(C(O)c2ccc(Cl)c(F)c2)cs1. The Morgan fingerprint density at radius 2 is 1.96 bits per heavy atom. The van der Waals surface area contributed by atoms with Crippen LogP contribution in [0.4, 0.5) is 9.52 Å². The standard InChI is InChI=1S/C17H13Cl2FN2O3S2/c1-9-11(18)3-2-4-15(9)27(24,25)22-17-21-14(8-26-17)16(23)10-5-6-12(19)13(20)7-10/h2-8,16,23H,1H3,(H,21,22). The van der Waals surface area contributed by atoms with Gasteiger partial charge in [0.05, 0.1) is 15.6 Å². The molecule has 1 atom stereocenters. The van der Waals surface area contributed by atoms with Gasteiger partial charge in [-0.15, -0.1) is 11.3 Å². The van der Waals surface area contributed by atoms with Crippen molar-refractivity contribution in [2.45, 2.75) is 17.9 Å². The maximum atomic E-state index is 13.6. The quantitative estimate of drug-likeness (QED) is 0.590. The van der Waals surface area contributed by atoms with Crippen molar-refractivity contribution in [2.24, 2.45) is 0 Å². The molecule has 1 aromatic heterocycles. The molecule has 1 heterocycles. The summed E-state index contributed by atoms with van der Waals surface area (Å²) >= 11 is 12.6. The molecule has 0 amide bonds. The van der Waals surface area contributed by atoms with Gasteiger partial charge in [0.1, 0.15) is 11.9 Å². The molecule has 3 aromatic rings. The average Bonchev–Trinajstić information content (AvgIpc) is 3.06. The van der Waals surface area contributed by atoms with Gasteiger partial charge >= 0.3 is 0 Å². The van der Waals surface area contributed by atoms with Gasteiger partial charge in [-0.05, 0) is 42.3 Å². The highest BCUT2D eigenvalue weighted by Crippen LogP contribution is 2.30. The molecule has 0 aliphatic rings. The minimum atomic E-state index is -3.90. The summed E-state index contributed by atoms with van der Waals surface area (Å²) in [7, 11) is -3.90.